The fourth-order valence-corrected chi connectivity index (χ4v) is 3.86. The molecule has 1 aromatic carbocycles. The van der Waals surface area contributed by atoms with Crippen LogP contribution in [0.15, 0.2) is 29.1 Å². The van der Waals surface area contributed by atoms with E-state index in [-0.39, 0.29) is 18.0 Å². The van der Waals surface area contributed by atoms with Gasteiger partial charge in [-0.1, -0.05) is 12.1 Å². The summed E-state index contributed by atoms with van der Waals surface area (Å²) in [4.78, 5) is 33.5. The molecule has 1 aliphatic carbocycles. The van der Waals surface area contributed by atoms with Gasteiger partial charge in [0.15, 0.2) is 0 Å². The van der Waals surface area contributed by atoms with Crippen LogP contribution in [0.3, 0.4) is 0 Å². The van der Waals surface area contributed by atoms with E-state index in [4.69, 9.17) is 0 Å². The molecule has 2 fully saturated rings. The standard InChI is InChI=1S/C17H20N4O2/c22-16(10-21-9-11-5-6-12(21)7-11)18-8-15-19-14-4-2-1-3-13(14)17(23)20-15/h1-4,11-12H,5-10H2,(H,18,22)(H,19,20,23)/t11-,12+/m0/s1. The van der Waals surface area contributed by atoms with E-state index in [0.29, 0.717) is 29.3 Å². The maximum Gasteiger partial charge on any atom is 0.258 e. The summed E-state index contributed by atoms with van der Waals surface area (Å²) < 4.78 is 0. The number of benzene rings is 1. The molecule has 4 rings (SSSR count). The van der Waals surface area contributed by atoms with E-state index in [1.165, 1.54) is 19.3 Å². The first-order valence-electron chi connectivity index (χ1n) is 8.18. The minimum absolute atomic E-state index is 0.00615. The van der Waals surface area contributed by atoms with Gasteiger partial charge in [0, 0.05) is 12.6 Å². The zero-order valence-corrected chi connectivity index (χ0v) is 12.9. The Bertz CT molecular complexity index is 801. The molecule has 1 aliphatic heterocycles. The van der Waals surface area contributed by atoms with Crippen LogP contribution < -0.4 is 10.9 Å². The number of aromatic nitrogens is 2. The van der Waals surface area contributed by atoms with Gasteiger partial charge in [-0.15, -0.1) is 0 Å². The molecule has 120 valence electrons. The maximum atomic E-state index is 12.1. The number of carbonyl (C=O) groups is 1. The van der Waals surface area contributed by atoms with Crippen molar-refractivity contribution in [1.82, 2.24) is 20.2 Å². The summed E-state index contributed by atoms with van der Waals surface area (Å²) in [5.74, 6) is 1.27. The molecule has 2 heterocycles. The Kier molecular flexibility index (Phi) is 3.61. The molecule has 23 heavy (non-hydrogen) atoms. The van der Waals surface area contributed by atoms with E-state index in [0.717, 1.165) is 12.5 Å². The monoisotopic (exact) mass is 312 g/mol. The van der Waals surface area contributed by atoms with Crippen molar-refractivity contribution in [3.8, 4) is 0 Å². The van der Waals surface area contributed by atoms with Crippen molar-refractivity contribution in [3.63, 3.8) is 0 Å². The number of hydrogen-bond acceptors (Lipinski definition) is 4. The van der Waals surface area contributed by atoms with Crippen LogP contribution in [0.1, 0.15) is 25.1 Å². The van der Waals surface area contributed by atoms with E-state index in [1.54, 1.807) is 12.1 Å². The minimum Gasteiger partial charge on any atom is -0.348 e. The number of likely N-dealkylation sites (tertiary alicyclic amines) is 1. The minimum atomic E-state index is -0.170. The summed E-state index contributed by atoms with van der Waals surface area (Å²) in [5.41, 5.74) is 0.481. The van der Waals surface area contributed by atoms with Gasteiger partial charge in [0.05, 0.1) is 24.0 Å². The van der Waals surface area contributed by atoms with Gasteiger partial charge in [0.2, 0.25) is 5.91 Å². The molecule has 1 saturated heterocycles. The molecule has 0 unspecified atom stereocenters. The largest absolute Gasteiger partial charge is 0.348 e. The zero-order chi connectivity index (χ0) is 15.8. The lowest BCUT2D eigenvalue weighted by molar-refractivity contribution is -0.122. The molecule has 6 heteroatoms. The Balaban J connectivity index is 1.39. The lowest BCUT2D eigenvalue weighted by atomic mass is 10.1. The van der Waals surface area contributed by atoms with Crippen LogP contribution in [0.2, 0.25) is 0 Å². The van der Waals surface area contributed by atoms with Crippen molar-refractivity contribution in [2.45, 2.75) is 31.8 Å². The van der Waals surface area contributed by atoms with Crippen molar-refractivity contribution in [1.29, 1.82) is 0 Å². The highest BCUT2D eigenvalue weighted by molar-refractivity contribution is 5.78. The van der Waals surface area contributed by atoms with Crippen molar-refractivity contribution < 1.29 is 4.79 Å². The second-order valence-corrected chi connectivity index (χ2v) is 6.57. The van der Waals surface area contributed by atoms with Crippen LogP contribution >= 0.6 is 0 Å². The first kappa shape index (κ1) is 14.4. The highest BCUT2D eigenvalue weighted by Gasteiger charge is 2.38. The SMILES string of the molecule is O=C(CN1C[C@H]2CC[C@@H]1C2)NCc1nc2ccccc2c(=O)[nH]1. The van der Waals surface area contributed by atoms with E-state index < -0.39 is 0 Å². The number of amides is 1. The van der Waals surface area contributed by atoms with Crippen molar-refractivity contribution >= 4 is 16.8 Å². The Morgan fingerprint density at radius 1 is 1.35 bits per heavy atom. The van der Waals surface area contributed by atoms with Crippen LogP contribution in [0.25, 0.3) is 10.9 Å². The van der Waals surface area contributed by atoms with Gasteiger partial charge >= 0.3 is 0 Å². The van der Waals surface area contributed by atoms with Crippen LogP contribution in [-0.4, -0.2) is 39.9 Å². The Morgan fingerprint density at radius 3 is 3.00 bits per heavy atom. The fraction of sp³-hybridized carbons (Fsp3) is 0.471. The Hall–Kier alpha value is -2.21. The third-order valence-corrected chi connectivity index (χ3v) is 4.98. The van der Waals surface area contributed by atoms with Crippen LogP contribution in [0.5, 0.6) is 0 Å². The highest BCUT2D eigenvalue weighted by atomic mass is 16.2. The summed E-state index contributed by atoms with van der Waals surface area (Å²) in [6.45, 7) is 1.74. The summed E-state index contributed by atoms with van der Waals surface area (Å²) >= 11 is 0. The van der Waals surface area contributed by atoms with E-state index in [2.05, 4.69) is 20.2 Å². The van der Waals surface area contributed by atoms with Crippen LogP contribution in [0, 0.1) is 5.92 Å². The summed E-state index contributed by atoms with van der Waals surface area (Å²) in [6, 6.07) is 7.79. The molecule has 2 bridgehead atoms. The molecule has 1 saturated carbocycles. The first-order valence-corrected chi connectivity index (χ1v) is 8.18. The molecule has 2 N–H and O–H groups in total. The number of piperidine rings is 1. The third-order valence-electron chi connectivity index (χ3n) is 4.98. The fourth-order valence-electron chi connectivity index (χ4n) is 3.86. The van der Waals surface area contributed by atoms with Crippen molar-refractivity contribution in [2.24, 2.45) is 5.92 Å². The number of hydrogen-bond donors (Lipinski definition) is 2. The number of nitrogens with zero attached hydrogens (tertiary/aromatic N) is 2. The Morgan fingerprint density at radius 2 is 2.22 bits per heavy atom. The lowest BCUT2D eigenvalue weighted by Crippen LogP contribution is -2.41. The van der Waals surface area contributed by atoms with E-state index in [1.807, 2.05) is 12.1 Å². The number of aromatic amines is 1. The average molecular weight is 312 g/mol. The number of para-hydroxylation sites is 1. The number of H-pyrrole nitrogens is 1. The summed E-state index contributed by atoms with van der Waals surface area (Å²) in [7, 11) is 0. The smallest absolute Gasteiger partial charge is 0.258 e. The average Bonchev–Trinajstić information content (AvgIpc) is 3.16. The van der Waals surface area contributed by atoms with Gasteiger partial charge in [-0.05, 0) is 37.3 Å². The van der Waals surface area contributed by atoms with Gasteiger partial charge in [-0.3, -0.25) is 14.5 Å². The molecule has 2 aromatic rings. The third kappa shape index (κ3) is 2.86. The molecule has 0 radical (unpaired) electrons. The quantitative estimate of drug-likeness (QED) is 0.884. The molecule has 2 aliphatic rings. The summed E-state index contributed by atoms with van der Waals surface area (Å²) in [6.07, 6.45) is 3.77. The van der Waals surface area contributed by atoms with Crippen LogP contribution in [0.4, 0.5) is 0 Å². The molecular weight excluding hydrogens is 292 g/mol. The van der Waals surface area contributed by atoms with Gasteiger partial charge < -0.3 is 10.3 Å². The molecular formula is C17H20N4O2. The van der Waals surface area contributed by atoms with Gasteiger partial charge in [-0.25, -0.2) is 4.98 Å². The van der Waals surface area contributed by atoms with E-state index in [9.17, 15) is 9.59 Å². The van der Waals surface area contributed by atoms with Gasteiger partial charge in [0.1, 0.15) is 5.82 Å². The normalized spacial score (nSPS) is 23.5. The molecule has 6 nitrogen and oxygen atoms in total. The van der Waals surface area contributed by atoms with Gasteiger partial charge in [0.25, 0.3) is 5.56 Å². The van der Waals surface area contributed by atoms with Crippen molar-refractivity contribution in [3.05, 3.63) is 40.4 Å². The lowest BCUT2D eigenvalue weighted by Gasteiger charge is -2.25. The predicted octanol–water partition coefficient (Wildman–Crippen LogP) is 1.02. The second kappa shape index (κ2) is 5.77. The maximum absolute atomic E-state index is 12.1. The first-order chi connectivity index (χ1) is 11.2. The molecule has 1 aromatic heterocycles. The topological polar surface area (TPSA) is 78.1 Å². The second-order valence-electron chi connectivity index (χ2n) is 6.57. The predicted molar refractivity (Wildman–Crippen MR) is 86.9 cm³/mol. The highest BCUT2D eigenvalue weighted by Crippen LogP contribution is 2.36. The zero-order valence-electron chi connectivity index (χ0n) is 12.9. The number of carbonyl (C=O) groups excluding carboxylic acids is 1. The summed E-state index contributed by atoms with van der Waals surface area (Å²) in [5, 5.41) is 3.43. The number of rotatable bonds is 4. The van der Waals surface area contributed by atoms with Gasteiger partial charge in [-0.2, -0.15) is 0 Å². The van der Waals surface area contributed by atoms with E-state index >= 15 is 0 Å². The van der Waals surface area contributed by atoms with Crippen molar-refractivity contribution in [2.75, 3.05) is 13.1 Å². The van der Waals surface area contributed by atoms with Crippen LogP contribution in [-0.2, 0) is 11.3 Å². The molecule has 0 spiro atoms. The molecule has 2 atom stereocenters. The number of nitrogens with one attached hydrogen (secondary N) is 2. The Labute approximate surface area is 133 Å². The number of fused-ring (bicyclic) bond motifs is 3. The molecule has 1 amide bonds.